The Morgan fingerprint density at radius 1 is 1.38 bits per heavy atom. The molecule has 5 nitrogen and oxygen atoms in total. The predicted molar refractivity (Wildman–Crippen MR) is 95.0 cm³/mol. The number of hydrogen-bond donors (Lipinski definition) is 1. The van der Waals surface area contributed by atoms with E-state index in [1.165, 1.54) is 16.7 Å². The zero-order valence-electron chi connectivity index (χ0n) is 14.9. The molecule has 1 aromatic carbocycles. The van der Waals surface area contributed by atoms with E-state index in [0.717, 1.165) is 18.6 Å². The number of fused-ring (bicyclic) bond motifs is 1. The lowest BCUT2D eigenvalue weighted by Crippen LogP contribution is -2.39. The van der Waals surface area contributed by atoms with Gasteiger partial charge in [0.05, 0.1) is 5.69 Å². The first-order valence-corrected chi connectivity index (χ1v) is 8.50. The fourth-order valence-electron chi connectivity index (χ4n) is 3.22. The summed E-state index contributed by atoms with van der Waals surface area (Å²) in [5, 5.41) is 0. The standard InChI is InChI=1S/C19H26N2O3/c1-12-11-15-14(5-6-16(20)17(15)23-12)13-7-9-21(10-8-13)18(22)24-19(2,3)4/h5-7,12H,8-11,20H2,1-4H3. The van der Waals surface area contributed by atoms with Gasteiger partial charge < -0.3 is 20.1 Å². The zero-order valence-corrected chi connectivity index (χ0v) is 14.9. The van der Waals surface area contributed by atoms with Crippen LogP contribution in [-0.2, 0) is 11.2 Å². The van der Waals surface area contributed by atoms with Crippen molar-refractivity contribution >= 4 is 17.4 Å². The number of ether oxygens (including phenoxy) is 2. The largest absolute Gasteiger partial charge is 0.488 e. The van der Waals surface area contributed by atoms with E-state index in [-0.39, 0.29) is 12.2 Å². The Kier molecular flexibility index (Phi) is 4.20. The summed E-state index contributed by atoms with van der Waals surface area (Å²) in [7, 11) is 0. The summed E-state index contributed by atoms with van der Waals surface area (Å²) in [5.41, 5.74) is 9.92. The average molecular weight is 330 g/mol. The number of anilines is 1. The van der Waals surface area contributed by atoms with E-state index in [1.807, 2.05) is 26.8 Å². The molecule has 5 heteroatoms. The smallest absolute Gasteiger partial charge is 0.410 e. The molecule has 1 atom stereocenters. The average Bonchev–Trinajstić information content (AvgIpc) is 2.88. The van der Waals surface area contributed by atoms with Crippen LogP contribution in [-0.4, -0.2) is 35.8 Å². The Hall–Kier alpha value is -2.17. The minimum atomic E-state index is -0.466. The lowest BCUT2D eigenvalue weighted by Gasteiger charge is -2.30. The first kappa shape index (κ1) is 16.7. The number of carbonyl (C=O) groups is 1. The minimum Gasteiger partial charge on any atom is -0.488 e. The molecular weight excluding hydrogens is 304 g/mol. The molecule has 24 heavy (non-hydrogen) atoms. The molecule has 2 heterocycles. The highest BCUT2D eigenvalue weighted by Crippen LogP contribution is 2.40. The lowest BCUT2D eigenvalue weighted by atomic mass is 9.92. The molecule has 1 amide bonds. The highest BCUT2D eigenvalue weighted by molar-refractivity contribution is 5.77. The number of hydrogen-bond acceptors (Lipinski definition) is 4. The van der Waals surface area contributed by atoms with Crippen LogP contribution in [0.15, 0.2) is 18.2 Å². The fraction of sp³-hybridized carbons (Fsp3) is 0.526. The lowest BCUT2D eigenvalue weighted by molar-refractivity contribution is 0.0270. The molecule has 0 saturated heterocycles. The Balaban J connectivity index is 1.77. The van der Waals surface area contributed by atoms with Gasteiger partial charge in [-0.3, -0.25) is 0 Å². The first-order chi connectivity index (χ1) is 11.2. The van der Waals surface area contributed by atoms with Gasteiger partial charge in [0.2, 0.25) is 0 Å². The van der Waals surface area contributed by atoms with Gasteiger partial charge in [0.1, 0.15) is 17.5 Å². The summed E-state index contributed by atoms with van der Waals surface area (Å²) in [6.45, 7) is 8.94. The van der Waals surface area contributed by atoms with E-state index in [1.54, 1.807) is 4.90 Å². The minimum absolute atomic E-state index is 0.158. The first-order valence-electron chi connectivity index (χ1n) is 8.50. The third kappa shape index (κ3) is 3.35. The van der Waals surface area contributed by atoms with Crippen molar-refractivity contribution in [1.82, 2.24) is 4.90 Å². The third-order valence-corrected chi connectivity index (χ3v) is 4.31. The van der Waals surface area contributed by atoms with Crippen LogP contribution in [0.2, 0.25) is 0 Å². The van der Waals surface area contributed by atoms with Gasteiger partial charge >= 0.3 is 6.09 Å². The Bertz CT molecular complexity index is 689. The van der Waals surface area contributed by atoms with Gasteiger partial charge in [-0.1, -0.05) is 12.1 Å². The molecule has 130 valence electrons. The number of nitrogens with zero attached hydrogens (tertiary/aromatic N) is 1. The normalized spacial score (nSPS) is 20.2. The van der Waals surface area contributed by atoms with Crippen LogP contribution in [0.5, 0.6) is 5.75 Å². The fourth-order valence-corrected chi connectivity index (χ4v) is 3.22. The van der Waals surface area contributed by atoms with Crippen LogP contribution in [0.4, 0.5) is 10.5 Å². The zero-order chi connectivity index (χ0) is 17.5. The number of rotatable bonds is 1. The van der Waals surface area contributed by atoms with Crippen LogP contribution in [0, 0.1) is 0 Å². The molecule has 0 saturated carbocycles. The number of carbonyl (C=O) groups excluding carboxylic acids is 1. The quantitative estimate of drug-likeness (QED) is 0.799. The summed E-state index contributed by atoms with van der Waals surface area (Å²) in [4.78, 5) is 13.9. The second kappa shape index (κ2) is 6.04. The van der Waals surface area contributed by atoms with Crippen LogP contribution in [0.25, 0.3) is 5.57 Å². The highest BCUT2D eigenvalue weighted by atomic mass is 16.6. The summed E-state index contributed by atoms with van der Waals surface area (Å²) in [5.74, 6) is 0.829. The molecule has 0 radical (unpaired) electrons. The Morgan fingerprint density at radius 2 is 2.12 bits per heavy atom. The number of nitrogens with two attached hydrogens (primary N) is 1. The molecule has 0 aromatic heterocycles. The van der Waals surface area contributed by atoms with Crippen molar-refractivity contribution in [3.8, 4) is 5.75 Å². The van der Waals surface area contributed by atoms with E-state index in [4.69, 9.17) is 15.2 Å². The molecule has 1 unspecified atom stereocenters. The predicted octanol–water partition coefficient (Wildman–Crippen LogP) is 3.62. The van der Waals surface area contributed by atoms with Gasteiger partial charge in [0.25, 0.3) is 0 Å². The van der Waals surface area contributed by atoms with Crippen molar-refractivity contribution in [2.24, 2.45) is 0 Å². The molecule has 0 spiro atoms. The van der Waals surface area contributed by atoms with Crippen molar-refractivity contribution < 1.29 is 14.3 Å². The maximum atomic E-state index is 12.2. The van der Waals surface area contributed by atoms with Crippen molar-refractivity contribution in [2.45, 2.75) is 52.2 Å². The second-order valence-electron chi connectivity index (χ2n) is 7.55. The van der Waals surface area contributed by atoms with E-state index >= 15 is 0 Å². The van der Waals surface area contributed by atoms with Crippen molar-refractivity contribution in [3.63, 3.8) is 0 Å². The second-order valence-corrected chi connectivity index (χ2v) is 7.55. The van der Waals surface area contributed by atoms with Gasteiger partial charge in [0.15, 0.2) is 0 Å². The van der Waals surface area contributed by atoms with E-state index in [2.05, 4.69) is 19.1 Å². The topological polar surface area (TPSA) is 64.8 Å². The SMILES string of the molecule is CC1Cc2c(C3=CCN(C(=O)OC(C)(C)C)CC3)ccc(N)c2O1. The third-order valence-electron chi connectivity index (χ3n) is 4.31. The van der Waals surface area contributed by atoms with Gasteiger partial charge in [-0.05, 0) is 51.3 Å². The molecule has 0 bridgehead atoms. The van der Waals surface area contributed by atoms with Crippen molar-refractivity contribution in [2.75, 3.05) is 18.8 Å². The molecular formula is C19H26N2O3. The molecule has 1 aromatic rings. The summed E-state index contributed by atoms with van der Waals surface area (Å²) in [6.07, 6.45) is 3.71. The van der Waals surface area contributed by atoms with Crippen molar-refractivity contribution in [1.29, 1.82) is 0 Å². The van der Waals surface area contributed by atoms with Crippen LogP contribution < -0.4 is 10.5 Å². The van der Waals surface area contributed by atoms with E-state index in [9.17, 15) is 4.79 Å². The maximum absolute atomic E-state index is 12.2. The Labute approximate surface area is 143 Å². The van der Waals surface area contributed by atoms with Crippen LogP contribution >= 0.6 is 0 Å². The molecule has 0 fully saturated rings. The highest BCUT2D eigenvalue weighted by Gasteiger charge is 2.28. The van der Waals surface area contributed by atoms with E-state index < -0.39 is 5.60 Å². The van der Waals surface area contributed by atoms with E-state index in [0.29, 0.717) is 18.8 Å². The van der Waals surface area contributed by atoms with Crippen LogP contribution in [0.3, 0.4) is 0 Å². The van der Waals surface area contributed by atoms with Gasteiger partial charge in [-0.15, -0.1) is 0 Å². The summed E-state index contributed by atoms with van der Waals surface area (Å²) >= 11 is 0. The monoisotopic (exact) mass is 330 g/mol. The molecule has 0 aliphatic carbocycles. The van der Waals surface area contributed by atoms with Crippen LogP contribution in [0.1, 0.15) is 45.2 Å². The Morgan fingerprint density at radius 3 is 2.75 bits per heavy atom. The van der Waals surface area contributed by atoms with Gasteiger partial charge in [-0.2, -0.15) is 0 Å². The summed E-state index contributed by atoms with van der Waals surface area (Å²) < 4.78 is 11.3. The van der Waals surface area contributed by atoms with Crippen molar-refractivity contribution in [3.05, 3.63) is 29.3 Å². The molecule has 2 N–H and O–H groups in total. The number of amides is 1. The van der Waals surface area contributed by atoms with Gasteiger partial charge in [-0.25, -0.2) is 4.79 Å². The summed E-state index contributed by atoms with van der Waals surface area (Å²) in [6, 6.07) is 3.98. The molecule has 2 aliphatic heterocycles. The van der Waals surface area contributed by atoms with Gasteiger partial charge in [0, 0.05) is 25.1 Å². The maximum Gasteiger partial charge on any atom is 0.410 e. The molecule has 2 aliphatic rings. The number of benzene rings is 1. The number of nitrogen functional groups attached to an aromatic ring is 1. The molecule has 3 rings (SSSR count).